The predicted molar refractivity (Wildman–Crippen MR) is 117 cm³/mol. The van der Waals surface area contributed by atoms with Gasteiger partial charge in [-0.1, -0.05) is 18.2 Å². The van der Waals surface area contributed by atoms with Gasteiger partial charge >= 0.3 is 5.69 Å². The lowest BCUT2D eigenvalue weighted by Crippen LogP contribution is -2.30. The number of nitriles is 1. The lowest BCUT2D eigenvalue weighted by atomic mass is 10.1. The van der Waals surface area contributed by atoms with Gasteiger partial charge in [0.1, 0.15) is 12.4 Å². The van der Waals surface area contributed by atoms with E-state index >= 15 is 0 Å². The molecule has 1 aromatic heterocycles. The summed E-state index contributed by atoms with van der Waals surface area (Å²) in [6, 6.07) is 20.1. The Kier molecular flexibility index (Phi) is 5.54. The molecule has 7 heteroatoms. The molecule has 0 unspecified atom stereocenters. The van der Waals surface area contributed by atoms with E-state index < -0.39 is 11.2 Å². The first-order chi connectivity index (χ1) is 15.0. The Labute approximate surface area is 177 Å². The van der Waals surface area contributed by atoms with Crippen LogP contribution >= 0.6 is 0 Å². The number of fused-ring (bicyclic) bond motifs is 1. The van der Waals surface area contributed by atoms with Crippen molar-refractivity contribution in [3.63, 3.8) is 0 Å². The van der Waals surface area contributed by atoms with Gasteiger partial charge in [-0.25, -0.2) is 4.79 Å². The average Bonchev–Trinajstić information content (AvgIpc) is 2.76. The zero-order valence-electron chi connectivity index (χ0n) is 16.8. The Morgan fingerprint density at radius 1 is 1.00 bits per heavy atom. The molecular formula is C24H19N3O4. The lowest BCUT2D eigenvalue weighted by Gasteiger charge is -2.15. The Morgan fingerprint density at radius 2 is 1.87 bits per heavy atom. The molecule has 154 valence electrons. The smallest absolute Gasteiger partial charge is 0.328 e. The molecule has 4 rings (SSSR count). The molecule has 0 saturated heterocycles. The van der Waals surface area contributed by atoms with Crippen LogP contribution in [0.5, 0.6) is 17.2 Å². The van der Waals surface area contributed by atoms with Crippen LogP contribution in [0.4, 0.5) is 0 Å². The summed E-state index contributed by atoms with van der Waals surface area (Å²) in [4.78, 5) is 25.2. The van der Waals surface area contributed by atoms with Crippen LogP contribution in [0.25, 0.3) is 10.8 Å². The normalized spacial score (nSPS) is 10.6. The maximum absolute atomic E-state index is 11.8. The van der Waals surface area contributed by atoms with Gasteiger partial charge in [-0.15, -0.1) is 0 Å². The highest BCUT2D eigenvalue weighted by molar-refractivity contribution is 5.89. The SMILES string of the molecule is Cc1ccc(Oc2cccc3cc(C#N)ccc23)c(OCCn2ccc(=O)[nH]c2=O)c1. The maximum Gasteiger partial charge on any atom is 0.328 e. The summed E-state index contributed by atoms with van der Waals surface area (Å²) in [5.74, 6) is 1.73. The Morgan fingerprint density at radius 3 is 2.68 bits per heavy atom. The molecule has 0 radical (unpaired) electrons. The average molecular weight is 413 g/mol. The fraction of sp³-hybridized carbons (Fsp3) is 0.125. The van der Waals surface area contributed by atoms with E-state index in [1.54, 1.807) is 6.07 Å². The van der Waals surface area contributed by atoms with Crippen LogP contribution in [-0.4, -0.2) is 16.2 Å². The van der Waals surface area contributed by atoms with Gasteiger partial charge < -0.3 is 9.47 Å². The molecule has 4 aromatic rings. The highest BCUT2D eigenvalue weighted by atomic mass is 16.5. The highest BCUT2D eigenvalue weighted by Crippen LogP contribution is 2.36. The topological polar surface area (TPSA) is 97.1 Å². The molecule has 0 aliphatic rings. The third-order valence-corrected chi connectivity index (χ3v) is 4.78. The number of hydrogen-bond acceptors (Lipinski definition) is 5. The molecule has 0 atom stereocenters. The molecule has 0 saturated carbocycles. The van der Waals surface area contributed by atoms with Crippen LogP contribution < -0.4 is 20.7 Å². The van der Waals surface area contributed by atoms with Crippen LogP contribution in [-0.2, 0) is 6.54 Å². The molecule has 0 aliphatic heterocycles. The standard InChI is InChI=1S/C24H19N3O4/c1-16-5-8-21(22(13-16)30-12-11-27-10-9-23(28)26-24(27)29)31-20-4-2-3-18-14-17(15-25)6-7-19(18)20/h2-10,13-14H,11-12H2,1H3,(H,26,28,29). The first kappa shape index (κ1) is 20.0. The molecule has 0 bridgehead atoms. The van der Waals surface area contributed by atoms with Crippen molar-refractivity contribution in [3.8, 4) is 23.3 Å². The van der Waals surface area contributed by atoms with Crippen molar-refractivity contribution in [2.75, 3.05) is 6.61 Å². The van der Waals surface area contributed by atoms with E-state index in [2.05, 4.69) is 11.1 Å². The minimum Gasteiger partial charge on any atom is -0.488 e. The number of rotatable bonds is 6. The largest absolute Gasteiger partial charge is 0.488 e. The minimum atomic E-state index is -0.482. The number of nitrogens with one attached hydrogen (secondary N) is 1. The van der Waals surface area contributed by atoms with Crippen molar-refractivity contribution < 1.29 is 9.47 Å². The molecule has 7 nitrogen and oxygen atoms in total. The molecule has 0 aliphatic carbocycles. The van der Waals surface area contributed by atoms with E-state index in [0.717, 1.165) is 16.3 Å². The molecule has 1 N–H and O–H groups in total. The molecule has 0 fully saturated rings. The molecule has 3 aromatic carbocycles. The third kappa shape index (κ3) is 4.49. The Bertz CT molecular complexity index is 1410. The van der Waals surface area contributed by atoms with Crippen molar-refractivity contribution in [1.82, 2.24) is 9.55 Å². The van der Waals surface area contributed by atoms with Gasteiger partial charge in [-0.3, -0.25) is 14.3 Å². The van der Waals surface area contributed by atoms with Crippen molar-refractivity contribution in [1.29, 1.82) is 5.26 Å². The van der Waals surface area contributed by atoms with Crippen LogP contribution in [0.2, 0.25) is 0 Å². The van der Waals surface area contributed by atoms with Crippen LogP contribution in [0.1, 0.15) is 11.1 Å². The zero-order valence-corrected chi connectivity index (χ0v) is 16.8. The monoisotopic (exact) mass is 413 g/mol. The van der Waals surface area contributed by atoms with Crippen molar-refractivity contribution >= 4 is 10.8 Å². The fourth-order valence-electron chi connectivity index (χ4n) is 3.22. The summed E-state index contributed by atoms with van der Waals surface area (Å²) in [5, 5.41) is 10.9. The molecule has 0 amide bonds. The molecular weight excluding hydrogens is 394 g/mol. The second kappa shape index (κ2) is 8.59. The van der Waals surface area contributed by atoms with E-state index in [9.17, 15) is 9.59 Å². The van der Waals surface area contributed by atoms with E-state index in [1.165, 1.54) is 16.8 Å². The summed E-state index contributed by atoms with van der Waals surface area (Å²) in [5.41, 5.74) is 0.666. The minimum absolute atomic E-state index is 0.215. The highest BCUT2D eigenvalue weighted by Gasteiger charge is 2.10. The van der Waals surface area contributed by atoms with Gasteiger partial charge in [0.25, 0.3) is 5.56 Å². The quantitative estimate of drug-likeness (QED) is 0.519. The van der Waals surface area contributed by atoms with Gasteiger partial charge in [-0.05, 0) is 54.3 Å². The van der Waals surface area contributed by atoms with Gasteiger partial charge in [0.15, 0.2) is 11.5 Å². The lowest BCUT2D eigenvalue weighted by molar-refractivity contribution is 0.283. The van der Waals surface area contributed by atoms with Crippen molar-refractivity contribution in [3.05, 3.63) is 98.8 Å². The van der Waals surface area contributed by atoms with Crippen LogP contribution in [0, 0.1) is 18.3 Å². The number of H-pyrrole nitrogens is 1. The summed E-state index contributed by atoms with van der Waals surface area (Å²) >= 11 is 0. The predicted octanol–water partition coefficient (Wildman–Crippen LogP) is 3.74. The molecule has 0 spiro atoms. The van der Waals surface area contributed by atoms with Crippen LogP contribution in [0.3, 0.4) is 0 Å². The molecule has 31 heavy (non-hydrogen) atoms. The summed E-state index contributed by atoms with van der Waals surface area (Å²) in [7, 11) is 0. The Balaban J connectivity index is 1.57. The second-order valence-electron chi connectivity index (χ2n) is 7.01. The van der Waals surface area contributed by atoms with E-state index in [0.29, 0.717) is 22.8 Å². The fourth-order valence-corrected chi connectivity index (χ4v) is 3.22. The zero-order chi connectivity index (χ0) is 21.8. The summed E-state index contributed by atoms with van der Waals surface area (Å²) in [6.07, 6.45) is 1.43. The summed E-state index contributed by atoms with van der Waals surface area (Å²) < 4.78 is 13.4. The van der Waals surface area contributed by atoms with Gasteiger partial charge in [0, 0.05) is 17.6 Å². The number of aromatic nitrogens is 2. The summed E-state index contributed by atoms with van der Waals surface area (Å²) in [6.45, 7) is 2.44. The number of nitrogens with zero attached hydrogens (tertiary/aromatic N) is 2. The van der Waals surface area contributed by atoms with Crippen molar-refractivity contribution in [2.45, 2.75) is 13.5 Å². The number of aryl methyl sites for hydroxylation is 1. The second-order valence-corrected chi connectivity index (χ2v) is 7.01. The number of hydrogen-bond donors (Lipinski definition) is 1. The van der Waals surface area contributed by atoms with E-state index in [1.807, 2.05) is 55.5 Å². The van der Waals surface area contributed by atoms with Gasteiger partial charge in [0.2, 0.25) is 0 Å². The maximum atomic E-state index is 11.8. The van der Waals surface area contributed by atoms with Crippen LogP contribution in [0.15, 0.2) is 76.4 Å². The van der Waals surface area contributed by atoms with Gasteiger partial charge in [-0.2, -0.15) is 5.26 Å². The number of aromatic amines is 1. The number of benzene rings is 3. The third-order valence-electron chi connectivity index (χ3n) is 4.78. The molecule has 1 heterocycles. The number of ether oxygens (including phenoxy) is 2. The van der Waals surface area contributed by atoms with Crippen molar-refractivity contribution in [2.24, 2.45) is 0 Å². The van der Waals surface area contributed by atoms with E-state index in [4.69, 9.17) is 14.7 Å². The Hall–Kier alpha value is -4.31. The van der Waals surface area contributed by atoms with Gasteiger partial charge in [0.05, 0.1) is 18.2 Å². The first-order valence-electron chi connectivity index (χ1n) is 9.67. The first-order valence-corrected chi connectivity index (χ1v) is 9.67. The van der Waals surface area contributed by atoms with E-state index in [-0.39, 0.29) is 13.2 Å².